The van der Waals surface area contributed by atoms with Gasteiger partial charge in [0.15, 0.2) is 0 Å². The zero-order valence-corrected chi connectivity index (χ0v) is 14.3. The second kappa shape index (κ2) is 7.68. The molecule has 2 amide bonds. The fourth-order valence-corrected chi connectivity index (χ4v) is 3.31. The van der Waals surface area contributed by atoms with Gasteiger partial charge in [-0.05, 0) is 30.0 Å². The molecule has 1 heterocycles. The van der Waals surface area contributed by atoms with Gasteiger partial charge in [-0.2, -0.15) is 0 Å². The molecule has 0 bridgehead atoms. The van der Waals surface area contributed by atoms with Gasteiger partial charge in [0.25, 0.3) is 0 Å². The lowest BCUT2D eigenvalue weighted by molar-refractivity contribution is -0.129. The molecule has 0 aliphatic carbocycles. The molecule has 2 rings (SSSR count). The van der Waals surface area contributed by atoms with Crippen molar-refractivity contribution in [2.24, 2.45) is 5.92 Å². The summed E-state index contributed by atoms with van der Waals surface area (Å²) in [5, 5.41) is 12.6. The summed E-state index contributed by atoms with van der Waals surface area (Å²) in [5.74, 6) is 0.269. The van der Waals surface area contributed by atoms with E-state index in [4.69, 9.17) is 11.6 Å². The first-order chi connectivity index (χ1) is 10.9. The van der Waals surface area contributed by atoms with Crippen LogP contribution in [0.15, 0.2) is 18.2 Å². The molecule has 1 saturated heterocycles. The lowest BCUT2D eigenvalue weighted by Gasteiger charge is -2.17. The first-order valence-electron chi connectivity index (χ1n) is 7.93. The lowest BCUT2D eigenvalue weighted by Crippen LogP contribution is -2.40. The summed E-state index contributed by atoms with van der Waals surface area (Å²) < 4.78 is 0. The highest BCUT2D eigenvalue weighted by Gasteiger charge is 2.34. The summed E-state index contributed by atoms with van der Waals surface area (Å²) in [6.07, 6.45) is 2.25. The average molecular weight is 339 g/mol. The van der Waals surface area contributed by atoms with E-state index >= 15 is 0 Å². The number of phenols is 1. The molecule has 1 fully saturated rings. The van der Waals surface area contributed by atoms with Crippen LogP contribution in [0.25, 0.3) is 0 Å². The number of halogens is 1. The Morgan fingerprint density at radius 1 is 1.39 bits per heavy atom. The van der Waals surface area contributed by atoms with E-state index in [1.54, 1.807) is 12.1 Å². The van der Waals surface area contributed by atoms with Crippen molar-refractivity contribution in [1.82, 2.24) is 10.2 Å². The number of phenolic OH excluding ortho intramolecular Hbond substituents is 1. The molecule has 0 aromatic heterocycles. The Bertz CT molecular complexity index is 591. The number of carbonyl (C=O) groups is 2. The van der Waals surface area contributed by atoms with Crippen LogP contribution in [0.3, 0.4) is 0 Å². The maximum atomic E-state index is 12.5. The number of nitrogens with one attached hydrogen (secondary N) is 1. The van der Waals surface area contributed by atoms with Gasteiger partial charge in [0.05, 0.1) is 17.5 Å². The van der Waals surface area contributed by atoms with Crippen molar-refractivity contribution in [3.05, 3.63) is 28.8 Å². The molecule has 5 nitrogen and oxygen atoms in total. The molecule has 2 atom stereocenters. The highest BCUT2D eigenvalue weighted by atomic mass is 35.5. The molecule has 126 valence electrons. The van der Waals surface area contributed by atoms with Crippen LogP contribution in [0, 0.1) is 5.92 Å². The van der Waals surface area contributed by atoms with Crippen molar-refractivity contribution in [1.29, 1.82) is 0 Å². The number of hydrogen-bond donors (Lipinski definition) is 2. The fraction of sp³-hybridized carbons (Fsp3) is 0.529. The second-order valence-electron chi connectivity index (χ2n) is 6.12. The predicted molar refractivity (Wildman–Crippen MR) is 89.4 cm³/mol. The molecule has 1 aliphatic rings. The quantitative estimate of drug-likeness (QED) is 0.865. The summed E-state index contributed by atoms with van der Waals surface area (Å²) >= 11 is 5.88. The van der Waals surface area contributed by atoms with Gasteiger partial charge in [-0.1, -0.05) is 31.0 Å². The molecular formula is C17H23ClN2O3. The molecule has 0 unspecified atom stereocenters. The number of carbonyl (C=O) groups excluding carboxylic acids is 2. The summed E-state index contributed by atoms with van der Waals surface area (Å²) in [6.45, 7) is 4.83. The fourth-order valence-electron chi connectivity index (χ4n) is 3.11. The van der Waals surface area contributed by atoms with E-state index in [1.165, 1.54) is 13.0 Å². The molecule has 1 aromatic rings. The molecular weight excluding hydrogens is 316 g/mol. The zero-order chi connectivity index (χ0) is 17.0. The highest BCUT2D eigenvalue weighted by Crippen LogP contribution is 2.26. The van der Waals surface area contributed by atoms with Gasteiger partial charge < -0.3 is 15.3 Å². The normalized spacial score (nSPS) is 20.6. The van der Waals surface area contributed by atoms with Crippen molar-refractivity contribution in [2.75, 3.05) is 13.1 Å². The number of benzene rings is 1. The number of aromatic hydroxyl groups is 1. The van der Waals surface area contributed by atoms with Gasteiger partial charge in [0.2, 0.25) is 11.8 Å². The van der Waals surface area contributed by atoms with Crippen LogP contribution >= 0.6 is 11.6 Å². The maximum Gasteiger partial charge on any atom is 0.227 e. The minimum Gasteiger partial charge on any atom is -0.506 e. The Hall–Kier alpha value is -1.75. The largest absolute Gasteiger partial charge is 0.506 e. The minimum absolute atomic E-state index is 0.0118. The summed E-state index contributed by atoms with van der Waals surface area (Å²) in [7, 11) is 0. The van der Waals surface area contributed by atoms with Gasteiger partial charge >= 0.3 is 0 Å². The van der Waals surface area contributed by atoms with E-state index in [2.05, 4.69) is 12.2 Å². The first kappa shape index (κ1) is 17.6. The van der Waals surface area contributed by atoms with Crippen LogP contribution in [0.5, 0.6) is 5.75 Å². The van der Waals surface area contributed by atoms with E-state index < -0.39 is 0 Å². The Balaban J connectivity index is 2.01. The molecule has 2 N–H and O–H groups in total. The van der Waals surface area contributed by atoms with Crippen LogP contribution in [0.1, 0.15) is 32.3 Å². The molecule has 0 saturated carbocycles. The predicted octanol–water partition coefficient (Wildman–Crippen LogP) is 2.35. The molecule has 1 aromatic carbocycles. The van der Waals surface area contributed by atoms with Gasteiger partial charge in [-0.3, -0.25) is 9.59 Å². The molecule has 6 heteroatoms. The van der Waals surface area contributed by atoms with Gasteiger partial charge in [0, 0.05) is 20.0 Å². The number of rotatable bonds is 5. The van der Waals surface area contributed by atoms with Crippen LogP contribution in [0.2, 0.25) is 5.02 Å². The smallest absolute Gasteiger partial charge is 0.227 e. The lowest BCUT2D eigenvalue weighted by atomic mass is 9.98. The van der Waals surface area contributed by atoms with Crippen LogP contribution in [-0.2, 0) is 16.0 Å². The van der Waals surface area contributed by atoms with Crippen LogP contribution in [0.4, 0.5) is 0 Å². The minimum atomic E-state index is -0.0595. The number of nitrogens with zero attached hydrogens (tertiary/aromatic N) is 1. The third kappa shape index (κ3) is 4.61. The molecule has 0 spiro atoms. The molecule has 0 radical (unpaired) electrons. The number of likely N-dealkylation sites (tertiary alicyclic amines) is 1. The van der Waals surface area contributed by atoms with Crippen molar-refractivity contribution < 1.29 is 14.7 Å². The topological polar surface area (TPSA) is 69.6 Å². The number of amides is 2. The van der Waals surface area contributed by atoms with Crippen molar-refractivity contribution in [2.45, 2.75) is 39.2 Å². The third-order valence-electron chi connectivity index (χ3n) is 4.21. The zero-order valence-electron chi connectivity index (χ0n) is 13.5. The Labute approximate surface area is 141 Å². The van der Waals surface area contributed by atoms with E-state index in [-0.39, 0.29) is 35.0 Å². The molecule has 23 heavy (non-hydrogen) atoms. The Morgan fingerprint density at radius 2 is 2.13 bits per heavy atom. The second-order valence-corrected chi connectivity index (χ2v) is 6.52. The first-order valence-corrected chi connectivity index (χ1v) is 8.30. The van der Waals surface area contributed by atoms with E-state index in [9.17, 15) is 14.7 Å². The Kier molecular flexibility index (Phi) is 5.88. The van der Waals surface area contributed by atoms with Crippen LogP contribution < -0.4 is 5.32 Å². The third-order valence-corrected chi connectivity index (χ3v) is 4.51. The highest BCUT2D eigenvalue weighted by molar-refractivity contribution is 6.32. The van der Waals surface area contributed by atoms with Gasteiger partial charge in [-0.15, -0.1) is 0 Å². The summed E-state index contributed by atoms with van der Waals surface area (Å²) in [6, 6.07) is 4.83. The molecule has 1 aliphatic heterocycles. The van der Waals surface area contributed by atoms with Crippen molar-refractivity contribution >= 4 is 23.4 Å². The average Bonchev–Trinajstić information content (AvgIpc) is 2.86. The van der Waals surface area contributed by atoms with Gasteiger partial charge in [0.1, 0.15) is 5.75 Å². The monoisotopic (exact) mass is 338 g/mol. The van der Waals surface area contributed by atoms with Crippen LogP contribution in [-0.4, -0.2) is 41.0 Å². The summed E-state index contributed by atoms with van der Waals surface area (Å²) in [5.41, 5.74) is 0.771. The Morgan fingerprint density at radius 3 is 2.74 bits per heavy atom. The number of hydrogen-bond acceptors (Lipinski definition) is 3. The van der Waals surface area contributed by atoms with Crippen molar-refractivity contribution in [3.8, 4) is 5.75 Å². The van der Waals surface area contributed by atoms with E-state index in [0.717, 1.165) is 18.4 Å². The maximum absolute atomic E-state index is 12.5. The standard InChI is InChI=1S/C17H23ClN2O3/c1-3-4-13-9-20(10-15(13)19-11(2)21)17(23)8-12-5-6-16(22)14(18)7-12/h5-7,13,15,22H,3-4,8-10H2,1-2H3,(H,19,21)/t13-,15-/m0/s1. The van der Waals surface area contributed by atoms with Gasteiger partial charge in [-0.25, -0.2) is 0 Å². The summed E-state index contributed by atoms with van der Waals surface area (Å²) in [4.78, 5) is 25.6. The van der Waals surface area contributed by atoms with E-state index in [0.29, 0.717) is 19.0 Å². The SMILES string of the molecule is CCC[C@H]1CN(C(=O)Cc2ccc(O)c(Cl)c2)C[C@@H]1NC(C)=O. The van der Waals surface area contributed by atoms with Crippen molar-refractivity contribution in [3.63, 3.8) is 0 Å². The van der Waals surface area contributed by atoms with E-state index in [1.807, 2.05) is 4.90 Å².